The SMILES string of the molecule is CC1CCC(CNCCC(C)(F)F)CC1. The molecule has 1 aliphatic carbocycles. The monoisotopic (exact) mass is 219 g/mol. The molecule has 0 spiro atoms. The van der Waals surface area contributed by atoms with E-state index < -0.39 is 5.92 Å². The number of hydrogen-bond donors (Lipinski definition) is 1. The van der Waals surface area contributed by atoms with Crippen LogP contribution >= 0.6 is 0 Å². The van der Waals surface area contributed by atoms with Gasteiger partial charge in [-0.2, -0.15) is 0 Å². The Morgan fingerprint density at radius 2 is 1.80 bits per heavy atom. The first-order valence-electron chi connectivity index (χ1n) is 6.06. The average Bonchev–Trinajstić information content (AvgIpc) is 2.14. The summed E-state index contributed by atoms with van der Waals surface area (Å²) in [5, 5.41) is 3.15. The van der Waals surface area contributed by atoms with Gasteiger partial charge in [0, 0.05) is 13.0 Å². The highest BCUT2D eigenvalue weighted by molar-refractivity contribution is 4.72. The Balaban J connectivity index is 2.01. The minimum atomic E-state index is -2.52. The van der Waals surface area contributed by atoms with Gasteiger partial charge in [0.25, 0.3) is 0 Å². The van der Waals surface area contributed by atoms with E-state index in [2.05, 4.69) is 12.2 Å². The van der Waals surface area contributed by atoms with E-state index in [9.17, 15) is 8.78 Å². The Labute approximate surface area is 91.6 Å². The van der Waals surface area contributed by atoms with Crippen molar-refractivity contribution in [3.8, 4) is 0 Å². The third-order valence-corrected chi connectivity index (χ3v) is 3.31. The molecule has 0 aromatic carbocycles. The molecule has 0 amide bonds. The van der Waals surface area contributed by atoms with Gasteiger partial charge in [-0.05, 0) is 38.1 Å². The Kier molecular flexibility index (Phi) is 4.97. The molecule has 90 valence electrons. The zero-order valence-corrected chi connectivity index (χ0v) is 9.86. The lowest BCUT2D eigenvalue weighted by Crippen LogP contribution is -2.29. The maximum atomic E-state index is 12.5. The maximum Gasteiger partial charge on any atom is 0.246 e. The fourth-order valence-electron chi connectivity index (χ4n) is 2.15. The van der Waals surface area contributed by atoms with Crippen LogP contribution in [0.2, 0.25) is 0 Å². The third-order valence-electron chi connectivity index (χ3n) is 3.31. The van der Waals surface area contributed by atoms with Gasteiger partial charge in [0.1, 0.15) is 0 Å². The predicted molar refractivity (Wildman–Crippen MR) is 59.2 cm³/mol. The summed E-state index contributed by atoms with van der Waals surface area (Å²) in [6, 6.07) is 0. The predicted octanol–water partition coefficient (Wildman–Crippen LogP) is 3.45. The van der Waals surface area contributed by atoms with Crippen LogP contribution in [-0.2, 0) is 0 Å². The third kappa shape index (κ3) is 6.08. The molecule has 0 aliphatic heterocycles. The van der Waals surface area contributed by atoms with Crippen molar-refractivity contribution in [3.05, 3.63) is 0 Å². The lowest BCUT2D eigenvalue weighted by Gasteiger charge is -2.26. The normalized spacial score (nSPS) is 28.0. The maximum absolute atomic E-state index is 12.5. The van der Waals surface area contributed by atoms with Crippen LogP contribution in [0, 0.1) is 11.8 Å². The van der Waals surface area contributed by atoms with Crippen molar-refractivity contribution < 1.29 is 8.78 Å². The molecule has 0 radical (unpaired) electrons. The van der Waals surface area contributed by atoms with Crippen LogP contribution in [0.3, 0.4) is 0 Å². The summed E-state index contributed by atoms with van der Waals surface area (Å²) in [5.41, 5.74) is 0. The molecular weight excluding hydrogens is 196 g/mol. The van der Waals surface area contributed by atoms with Crippen molar-refractivity contribution in [3.63, 3.8) is 0 Å². The number of alkyl halides is 2. The molecular formula is C12H23F2N. The van der Waals surface area contributed by atoms with Crippen molar-refractivity contribution in [2.24, 2.45) is 11.8 Å². The van der Waals surface area contributed by atoms with Crippen LogP contribution < -0.4 is 5.32 Å². The molecule has 15 heavy (non-hydrogen) atoms. The summed E-state index contributed by atoms with van der Waals surface area (Å²) >= 11 is 0. The van der Waals surface area contributed by atoms with Gasteiger partial charge in [-0.3, -0.25) is 0 Å². The Hall–Kier alpha value is -0.180. The lowest BCUT2D eigenvalue weighted by molar-refractivity contribution is 0.0131. The first-order valence-corrected chi connectivity index (χ1v) is 6.06. The summed E-state index contributed by atoms with van der Waals surface area (Å²) in [4.78, 5) is 0. The molecule has 1 saturated carbocycles. The highest BCUT2D eigenvalue weighted by Gasteiger charge is 2.21. The van der Waals surface area contributed by atoms with Gasteiger partial charge < -0.3 is 5.32 Å². The molecule has 0 bridgehead atoms. The van der Waals surface area contributed by atoms with Crippen molar-refractivity contribution in [1.29, 1.82) is 0 Å². The summed E-state index contributed by atoms with van der Waals surface area (Å²) in [7, 11) is 0. The largest absolute Gasteiger partial charge is 0.316 e. The Morgan fingerprint density at radius 1 is 1.20 bits per heavy atom. The van der Waals surface area contributed by atoms with Crippen molar-refractivity contribution in [2.75, 3.05) is 13.1 Å². The first kappa shape index (κ1) is 12.9. The van der Waals surface area contributed by atoms with Crippen molar-refractivity contribution in [2.45, 2.75) is 51.9 Å². The molecule has 0 aromatic rings. The van der Waals surface area contributed by atoms with E-state index in [4.69, 9.17) is 0 Å². The second kappa shape index (κ2) is 5.78. The lowest BCUT2D eigenvalue weighted by atomic mass is 9.83. The molecule has 0 unspecified atom stereocenters. The van der Waals surface area contributed by atoms with Crippen LogP contribution in [0.1, 0.15) is 46.0 Å². The first-order chi connectivity index (χ1) is 6.97. The summed E-state index contributed by atoms with van der Waals surface area (Å²) < 4.78 is 25.0. The fourth-order valence-corrected chi connectivity index (χ4v) is 2.15. The molecule has 1 aliphatic rings. The van der Waals surface area contributed by atoms with E-state index >= 15 is 0 Å². The van der Waals surface area contributed by atoms with Gasteiger partial charge >= 0.3 is 0 Å². The summed E-state index contributed by atoms with van der Waals surface area (Å²) in [6.07, 6.45) is 5.08. The smallest absolute Gasteiger partial charge is 0.246 e. The van der Waals surface area contributed by atoms with E-state index in [1.54, 1.807) is 0 Å². The second-order valence-corrected chi connectivity index (χ2v) is 5.15. The fraction of sp³-hybridized carbons (Fsp3) is 1.00. The molecule has 3 heteroatoms. The topological polar surface area (TPSA) is 12.0 Å². The zero-order chi connectivity index (χ0) is 11.3. The number of nitrogens with one attached hydrogen (secondary N) is 1. The molecule has 1 rings (SSSR count). The second-order valence-electron chi connectivity index (χ2n) is 5.15. The van der Waals surface area contributed by atoms with E-state index in [1.807, 2.05) is 0 Å². The van der Waals surface area contributed by atoms with Gasteiger partial charge in [0.2, 0.25) is 5.92 Å². The minimum Gasteiger partial charge on any atom is -0.316 e. The van der Waals surface area contributed by atoms with Crippen molar-refractivity contribution >= 4 is 0 Å². The van der Waals surface area contributed by atoms with Gasteiger partial charge in [-0.15, -0.1) is 0 Å². The molecule has 1 fully saturated rings. The summed E-state index contributed by atoms with van der Waals surface area (Å²) in [5.74, 6) is -0.943. The molecule has 0 aromatic heterocycles. The van der Waals surface area contributed by atoms with Crippen LogP contribution in [0.15, 0.2) is 0 Å². The van der Waals surface area contributed by atoms with E-state index in [0.717, 1.165) is 19.4 Å². The molecule has 0 saturated heterocycles. The molecule has 1 N–H and O–H groups in total. The van der Waals surface area contributed by atoms with Gasteiger partial charge in [-0.25, -0.2) is 8.78 Å². The van der Waals surface area contributed by atoms with Gasteiger partial charge in [-0.1, -0.05) is 19.8 Å². The van der Waals surface area contributed by atoms with Gasteiger partial charge in [0.15, 0.2) is 0 Å². The molecule has 1 nitrogen and oxygen atoms in total. The Morgan fingerprint density at radius 3 is 2.33 bits per heavy atom. The number of hydrogen-bond acceptors (Lipinski definition) is 1. The van der Waals surface area contributed by atoms with Crippen LogP contribution in [0.5, 0.6) is 0 Å². The minimum absolute atomic E-state index is 0.0455. The highest BCUT2D eigenvalue weighted by Crippen LogP contribution is 2.27. The van der Waals surface area contributed by atoms with Gasteiger partial charge in [0.05, 0.1) is 0 Å². The van der Waals surface area contributed by atoms with Crippen molar-refractivity contribution in [1.82, 2.24) is 5.32 Å². The van der Waals surface area contributed by atoms with E-state index in [-0.39, 0.29) is 6.42 Å². The number of rotatable bonds is 5. The zero-order valence-electron chi connectivity index (χ0n) is 9.86. The average molecular weight is 219 g/mol. The molecule has 0 atom stereocenters. The van der Waals surface area contributed by atoms with Crippen LogP contribution in [-0.4, -0.2) is 19.0 Å². The quantitative estimate of drug-likeness (QED) is 0.698. The standard InChI is InChI=1S/C12H23F2N/c1-10-3-5-11(6-4-10)9-15-8-7-12(2,13)14/h10-11,15H,3-9H2,1-2H3. The Bertz CT molecular complexity index is 169. The molecule has 0 heterocycles. The summed E-state index contributed by atoms with van der Waals surface area (Å²) in [6.45, 7) is 4.64. The van der Waals surface area contributed by atoms with Crippen LogP contribution in [0.25, 0.3) is 0 Å². The van der Waals surface area contributed by atoms with E-state index in [1.165, 1.54) is 25.7 Å². The van der Waals surface area contributed by atoms with Crippen LogP contribution in [0.4, 0.5) is 8.78 Å². The van der Waals surface area contributed by atoms with E-state index in [0.29, 0.717) is 12.5 Å². The highest BCUT2D eigenvalue weighted by atomic mass is 19.3. The number of halogens is 2.